The lowest BCUT2D eigenvalue weighted by Gasteiger charge is -2.09. The molecule has 3 aromatic rings. The minimum absolute atomic E-state index is 0.193. The van der Waals surface area contributed by atoms with Gasteiger partial charge < -0.3 is 15.2 Å². The molecule has 1 aliphatic rings. The molecule has 0 aliphatic carbocycles. The van der Waals surface area contributed by atoms with Crippen molar-refractivity contribution in [1.29, 1.82) is 0 Å². The highest BCUT2D eigenvalue weighted by Crippen LogP contribution is 2.36. The Morgan fingerprint density at radius 3 is 2.77 bits per heavy atom. The van der Waals surface area contributed by atoms with Crippen LogP contribution < -0.4 is 20.6 Å². The van der Waals surface area contributed by atoms with Gasteiger partial charge in [-0.15, -0.1) is 0 Å². The minimum Gasteiger partial charge on any atom is -0.492 e. The van der Waals surface area contributed by atoms with Crippen molar-refractivity contribution in [2.75, 3.05) is 11.9 Å². The maximum Gasteiger partial charge on any atom is 0.279 e. The summed E-state index contributed by atoms with van der Waals surface area (Å²) in [6.45, 7) is 2.45. The fraction of sp³-hybridized carbons (Fsp3) is 0.105. The molecular formula is C19H15N3O3S. The van der Waals surface area contributed by atoms with Crippen molar-refractivity contribution >= 4 is 33.6 Å². The summed E-state index contributed by atoms with van der Waals surface area (Å²) in [6.07, 6.45) is 0. The number of benzene rings is 2. The first-order valence-electron chi connectivity index (χ1n) is 8.09. The van der Waals surface area contributed by atoms with E-state index in [1.165, 1.54) is 11.3 Å². The summed E-state index contributed by atoms with van der Waals surface area (Å²) in [6, 6.07) is 14.7. The summed E-state index contributed by atoms with van der Waals surface area (Å²) in [5.74, 6) is 0.129. The first kappa shape index (κ1) is 16.3. The van der Waals surface area contributed by atoms with Crippen LogP contribution in [-0.4, -0.2) is 22.6 Å². The summed E-state index contributed by atoms with van der Waals surface area (Å²) >= 11 is 1.20. The number of aromatic hydroxyl groups is 1. The van der Waals surface area contributed by atoms with Crippen molar-refractivity contribution in [2.24, 2.45) is 4.99 Å². The van der Waals surface area contributed by atoms with Crippen LogP contribution in [0.2, 0.25) is 0 Å². The van der Waals surface area contributed by atoms with E-state index in [4.69, 9.17) is 4.74 Å². The molecule has 2 heterocycles. The van der Waals surface area contributed by atoms with E-state index in [9.17, 15) is 9.90 Å². The average molecular weight is 365 g/mol. The van der Waals surface area contributed by atoms with Crippen molar-refractivity contribution in [3.05, 3.63) is 64.0 Å². The van der Waals surface area contributed by atoms with Gasteiger partial charge in [-0.25, -0.2) is 4.99 Å². The molecule has 1 aromatic heterocycles. The van der Waals surface area contributed by atoms with Crippen molar-refractivity contribution in [3.8, 4) is 11.6 Å². The van der Waals surface area contributed by atoms with Crippen LogP contribution >= 0.6 is 11.3 Å². The Labute approximate surface area is 153 Å². The van der Waals surface area contributed by atoms with Gasteiger partial charge >= 0.3 is 0 Å². The van der Waals surface area contributed by atoms with Gasteiger partial charge in [0.2, 0.25) is 5.88 Å². The predicted molar refractivity (Wildman–Crippen MR) is 99.4 cm³/mol. The van der Waals surface area contributed by atoms with Crippen LogP contribution in [0, 0.1) is 0 Å². The average Bonchev–Trinajstić information content (AvgIpc) is 3.15. The molecule has 0 saturated carbocycles. The van der Waals surface area contributed by atoms with Gasteiger partial charge in [0.15, 0.2) is 5.13 Å². The van der Waals surface area contributed by atoms with Crippen molar-refractivity contribution < 1.29 is 14.6 Å². The Hall–Kier alpha value is -3.19. The number of anilines is 2. The summed E-state index contributed by atoms with van der Waals surface area (Å²) in [5, 5.41) is 15.2. The molecule has 4 rings (SSSR count). The quantitative estimate of drug-likeness (QED) is 0.725. The van der Waals surface area contributed by atoms with Crippen molar-refractivity contribution in [1.82, 2.24) is 4.98 Å². The van der Waals surface area contributed by atoms with Crippen LogP contribution in [-0.2, 0) is 4.79 Å². The van der Waals surface area contributed by atoms with Gasteiger partial charge in [-0.05, 0) is 25.1 Å². The number of hydrogen-bond donors (Lipinski definition) is 2. The van der Waals surface area contributed by atoms with E-state index < -0.39 is 0 Å². The number of hydrogen-bond acceptors (Lipinski definition) is 6. The normalized spacial score (nSPS) is 12.7. The molecule has 0 bridgehead atoms. The minimum atomic E-state index is -0.369. The number of ether oxygens (including phenoxy) is 1. The molecular weight excluding hydrogens is 350 g/mol. The molecule has 7 heteroatoms. The molecule has 0 atom stereocenters. The molecule has 0 radical (unpaired) electrons. The third-order valence-corrected chi connectivity index (χ3v) is 4.85. The molecule has 26 heavy (non-hydrogen) atoms. The number of thiazole rings is 1. The topological polar surface area (TPSA) is 83.8 Å². The van der Waals surface area contributed by atoms with Crippen molar-refractivity contribution in [2.45, 2.75) is 6.92 Å². The number of nitrogens with zero attached hydrogens (tertiary/aromatic N) is 2. The Bertz CT molecular complexity index is 1120. The maximum absolute atomic E-state index is 12.3. The third-order valence-electron chi connectivity index (χ3n) is 3.87. The Kier molecular flexibility index (Phi) is 4.14. The molecule has 0 spiro atoms. The molecule has 1 amide bonds. The summed E-state index contributed by atoms with van der Waals surface area (Å²) < 4.78 is 5.59. The van der Waals surface area contributed by atoms with Gasteiger partial charge in [0.1, 0.15) is 10.6 Å². The molecule has 2 aromatic carbocycles. The Morgan fingerprint density at radius 2 is 1.92 bits per heavy atom. The second-order valence-electron chi connectivity index (χ2n) is 5.54. The summed E-state index contributed by atoms with van der Waals surface area (Å²) in [7, 11) is 0. The standard InChI is InChI=1S/C19H15N3O3S/c1-2-25-14-10-6-5-9-13(14)21-19-22-18(24)16(26-19)15-11-7-3-4-8-12(11)20-17(15)23/h3-10,24H,2H2,1H3,(H,21,22). The number of aromatic nitrogens is 1. The zero-order chi connectivity index (χ0) is 18.1. The summed E-state index contributed by atoms with van der Waals surface area (Å²) in [5.41, 5.74) is 1.12. The van der Waals surface area contributed by atoms with Crippen LogP contribution in [0.1, 0.15) is 11.8 Å². The molecule has 6 nitrogen and oxygen atoms in total. The van der Waals surface area contributed by atoms with Crippen molar-refractivity contribution in [3.63, 3.8) is 0 Å². The number of nitrogens with one attached hydrogen (secondary N) is 1. The van der Waals surface area contributed by atoms with E-state index in [0.29, 0.717) is 38.5 Å². The zero-order valence-electron chi connectivity index (χ0n) is 13.9. The van der Waals surface area contributed by atoms with Crippen LogP contribution in [0.25, 0.3) is 5.57 Å². The SMILES string of the molecule is CCOc1ccccc1Nc1nc(O)c(C2=c3ccccc3=NC2=O)s1. The third kappa shape index (κ3) is 2.82. The fourth-order valence-electron chi connectivity index (χ4n) is 2.78. The highest BCUT2D eigenvalue weighted by Gasteiger charge is 2.24. The number of carbonyl (C=O) groups excluding carboxylic acids is 1. The van der Waals surface area contributed by atoms with Gasteiger partial charge in [0.25, 0.3) is 5.91 Å². The molecule has 2 N–H and O–H groups in total. The second kappa shape index (κ2) is 6.61. The van der Waals surface area contributed by atoms with Gasteiger partial charge in [-0.2, -0.15) is 4.98 Å². The van der Waals surface area contributed by atoms with Gasteiger partial charge in [0, 0.05) is 5.22 Å². The smallest absolute Gasteiger partial charge is 0.279 e. The second-order valence-corrected chi connectivity index (χ2v) is 6.53. The van der Waals surface area contributed by atoms with E-state index in [-0.39, 0.29) is 11.8 Å². The highest BCUT2D eigenvalue weighted by molar-refractivity contribution is 7.17. The van der Waals surface area contributed by atoms with E-state index in [1.54, 1.807) is 6.07 Å². The molecule has 130 valence electrons. The molecule has 0 saturated heterocycles. The largest absolute Gasteiger partial charge is 0.492 e. The van der Waals surface area contributed by atoms with Crippen LogP contribution in [0.4, 0.5) is 10.8 Å². The lowest BCUT2D eigenvalue weighted by Crippen LogP contribution is -2.22. The highest BCUT2D eigenvalue weighted by atomic mass is 32.1. The van der Waals surface area contributed by atoms with Crippen LogP contribution in [0.15, 0.2) is 53.5 Å². The molecule has 1 aliphatic heterocycles. The van der Waals surface area contributed by atoms with Crippen LogP contribution in [0.3, 0.4) is 0 Å². The van der Waals surface area contributed by atoms with Gasteiger partial charge in [-0.3, -0.25) is 4.79 Å². The lowest BCUT2D eigenvalue weighted by atomic mass is 10.1. The van der Waals surface area contributed by atoms with Gasteiger partial charge in [0.05, 0.1) is 23.2 Å². The van der Waals surface area contributed by atoms with Crippen LogP contribution in [0.5, 0.6) is 11.6 Å². The summed E-state index contributed by atoms with van der Waals surface area (Å²) in [4.78, 5) is 20.9. The van der Waals surface area contributed by atoms with E-state index >= 15 is 0 Å². The first-order valence-corrected chi connectivity index (χ1v) is 8.90. The van der Waals surface area contributed by atoms with E-state index in [1.807, 2.05) is 49.4 Å². The lowest BCUT2D eigenvalue weighted by molar-refractivity contribution is -0.112. The monoisotopic (exact) mass is 365 g/mol. The Balaban J connectivity index is 1.75. The number of para-hydroxylation sites is 3. The number of amides is 1. The zero-order valence-corrected chi connectivity index (χ0v) is 14.7. The molecule has 0 unspecified atom stereocenters. The Morgan fingerprint density at radius 1 is 1.15 bits per heavy atom. The molecule has 0 fully saturated rings. The van der Waals surface area contributed by atoms with Gasteiger partial charge in [-0.1, -0.05) is 41.7 Å². The predicted octanol–water partition coefficient (Wildman–Crippen LogP) is 2.35. The number of carbonyl (C=O) groups is 1. The maximum atomic E-state index is 12.3. The number of rotatable bonds is 5. The van der Waals surface area contributed by atoms with E-state index in [0.717, 1.165) is 5.69 Å². The fourth-order valence-corrected chi connectivity index (χ4v) is 3.70. The first-order chi connectivity index (χ1) is 12.7. The van der Waals surface area contributed by atoms with E-state index in [2.05, 4.69) is 15.3 Å². The number of fused-ring (bicyclic) bond motifs is 1.